The molecule has 9 heteroatoms. The molecule has 4 amide bonds. The van der Waals surface area contributed by atoms with Gasteiger partial charge < -0.3 is 4.74 Å². The zero-order valence-electron chi connectivity index (χ0n) is 18.7. The van der Waals surface area contributed by atoms with Crippen LogP contribution in [0.3, 0.4) is 0 Å². The van der Waals surface area contributed by atoms with Crippen molar-refractivity contribution in [2.24, 2.45) is 0 Å². The maximum absolute atomic E-state index is 13.2. The Morgan fingerprint density at radius 3 is 2.37 bits per heavy atom. The number of anilines is 1. The van der Waals surface area contributed by atoms with Crippen molar-refractivity contribution in [3.63, 3.8) is 0 Å². The van der Waals surface area contributed by atoms with Gasteiger partial charge in [-0.3, -0.25) is 14.9 Å². The fraction of sp³-hybridized carbons (Fsp3) is 0.115. The zero-order chi connectivity index (χ0) is 25.3. The van der Waals surface area contributed by atoms with Crippen molar-refractivity contribution in [3.8, 4) is 5.75 Å². The Hall–Kier alpha value is -3.32. The summed E-state index contributed by atoms with van der Waals surface area (Å²) in [5.74, 6) is -1.11. The minimum absolute atomic E-state index is 0.171. The number of halogens is 3. The largest absolute Gasteiger partial charge is 0.487 e. The summed E-state index contributed by atoms with van der Waals surface area (Å²) in [6.07, 6.45) is 1.38. The van der Waals surface area contributed by atoms with Crippen LogP contribution >= 0.6 is 34.8 Å². The predicted molar refractivity (Wildman–Crippen MR) is 137 cm³/mol. The quantitative estimate of drug-likeness (QED) is 0.302. The SMILES string of the molecule is Cc1ccc(N2C(=O)NC(=O)/C(=C\c3ccc(OCc4ccc(Cl)cc4Cl)c(Cl)c3)C2=O)c(C)c1. The molecule has 178 valence electrons. The van der Waals surface area contributed by atoms with Gasteiger partial charge in [0.25, 0.3) is 11.8 Å². The van der Waals surface area contributed by atoms with E-state index in [0.717, 1.165) is 21.6 Å². The number of barbiturate groups is 1. The molecule has 6 nitrogen and oxygen atoms in total. The highest BCUT2D eigenvalue weighted by Gasteiger charge is 2.37. The summed E-state index contributed by atoms with van der Waals surface area (Å²) in [5, 5.41) is 3.49. The number of benzene rings is 3. The highest BCUT2D eigenvalue weighted by molar-refractivity contribution is 6.39. The lowest BCUT2D eigenvalue weighted by molar-refractivity contribution is -0.122. The molecule has 0 aromatic heterocycles. The first kappa shape index (κ1) is 24.8. The van der Waals surface area contributed by atoms with E-state index in [1.807, 2.05) is 13.0 Å². The third kappa shape index (κ3) is 5.35. The van der Waals surface area contributed by atoms with Gasteiger partial charge in [0.15, 0.2) is 0 Å². The van der Waals surface area contributed by atoms with Crippen molar-refractivity contribution in [1.82, 2.24) is 5.32 Å². The number of imide groups is 2. The minimum atomic E-state index is -0.799. The fourth-order valence-corrected chi connectivity index (χ4v) is 4.32. The molecule has 0 radical (unpaired) electrons. The number of aryl methyl sites for hydroxylation is 2. The van der Waals surface area contributed by atoms with Gasteiger partial charge in [0.2, 0.25) is 0 Å². The van der Waals surface area contributed by atoms with Gasteiger partial charge in [0, 0.05) is 15.6 Å². The number of urea groups is 1. The zero-order valence-corrected chi connectivity index (χ0v) is 21.0. The molecular formula is C26H19Cl3N2O4. The summed E-state index contributed by atoms with van der Waals surface area (Å²) in [6.45, 7) is 3.87. The van der Waals surface area contributed by atoms with E-state index in [-0.39, 0.29) is 17.2 Å². The topological polar surface area (TPSA) is 75.7 Å². The van der Waals surface area contributed by atoms with Gasteiger partial charge in [0.05, 0.1) is 10.7 Å². The van der Waals surface area contributed by atoms with Crippen LogP contribution in [0.25, 0.3) is 6.08 Å². The smallest absolute Gasteiger partial charge is 0.335 e. The molecule has 35 heavy (non-hydrogen) atoms. The summed E-state index contributed by atoms with van der Waals surface area (Å²) < 4.78 is 5.76. The van der Waals surface area contributed by atoms with Crippen molar-refractivity contribution >= 4 is 64.4 Å². The van der Waals surface area contributed by atoms with E-state index in [2.05, 4.69) is 5.32 Å². The van der Waals surface area contributed by atoms with Gasteiger partial charge in [-0.05, 0) is 61.4 Å². The average molecular weight is 530 g/mol. The highest BCUT2D eigenvalue weighted by Crippen LogP contribution is 2.30. The fourth-order valence-electron chi connectivity index (χ4n) is 3.62. The molecule has 3 aromatic carbocycles. The van der Waals surface area contributed by atoms with Gasteiger partial charge in [-0.2, -0.15) is 0 Å². The van der Waals surface area contributed by atoms with Crippen molar-refractivity contribution < 1.29 is 19.1 Å². The second kappa shape index (κ2) is 10.1. The molecule has 0 saturated carbocycles. The average Bonchev–Trinajstić information content (AvgIpc) is 2.78. The molecule has 0 aliphatic carbocycles. The van der Waals surface area contributed by atoms with Crippen LogP contribution in [0.1, 0.15) is 22.3 Å². The van der Waals surface area contributed by atoms with Crippen LogP contribution in [0.4, 0.5) is 10.5 Å². The molecule has 1 aliphatic rings. The Morgan fingerprint density at radius 2 is 1.69 bits per heavy atom. The van der Waals surface area contributed by atoms with E-state index in [9.17, 15) is 14.4 Å². The van der Waals surface area contributed by atoms with E-state index in [4.69, 9.17) is 39.5 Å². The van der Waals surface area contributed by atoms with Gasteiger partial charge in [-0.25, -0.2) is 9.69 Å². The van der Waals surface area contributed by atoms with E-state index in [1.165, 1.54) is 6.08 Å². The number of ether oxygens (including phenoxy) is 1. The Bertz CT molecular complexity index is 1400. The molecule has 1 heterocycles. The van der Waals surface area contributed by atoms with E-state index >= 15 is 0 Å². The van der Waals surface area contributed by atoms with E-state index in [1.54, 1.807) is 55.5 Å². The number of hydrogen-bond donors (Lipinski definition) is 1. The highest BCUT2D eigenvalue weighted by atomic mass is 35.5. The first-order chi connectivity index (χ1) is 16.6. The molecule has 1 N–H and O–H groups in total. The van der Waals surface area contributed by atoms with Crippen LogP contribution in [0, 0.1) is 13.8 Å². The Kier molecular flexibility index (Phi) is 7.17. The number of hydrogen-bond acceptors (Lipinski definition) is 4. The molecule has 1 fully saturated rings. The predicted octanol–water partition coefficient (Wildman–Crippen LogP) is 6.51. The number of amides is 4. The van der Waals surface area contributed by atoms with E-state index in [0.29, 0.717) is 27.0 Å². The number of rotatable bonds is 5. The van der Waals surface area contributed by atoms with Crippen molar-refractivity contribution in [2.45, 2.75) is 20.5 Å². The maximum Gasteiger partial charge on any atom is 0.335 e. The number of carbonyl (C=O) groups is 3. The van der Waals surface area contributed by atoms with Gasteiger partial charge in [0.1, 0.15) is 17.9 Å². The Morgan fingerprint density at radius 1 is 0.914 bits per heavy atom. The molecule has 1 saturated heterocycles. The minimum Gasteiger partial charge on any atom is -0.487 e. The van der Waals surface area contributed by atoms with Gasteiger partial charge in [-0.1, -0.05) is 64.6 Å². The van der Waals surface area contributed by atoms with Crippen molar-refractivity contribution in [3.05, 3.63) is 97.5 Å². The van der Waals surface area contributed by atoms with Gasteiger partial charge in [-0.15, -0.1) is 0 Å². The third-order valence-corrected chi connectivity index (χ3v) is 6.24. The van der Waals surface area contributed by atoms with Crippen LogP contribution in [-0.4, -0.2) is 17.8 Å². The standard InChI is InChI=1S/C26H19Cl3N2O4/c1-14-3-7-22(15(2)9-14)31-25(33)19(24(32)30-26(31)34)10-16-4-8-23(21(29)11-16)35-13-17-5-6-18(27)12-20(17)28/h3-12H,13H2,1-2H3,(H,30,32,34)/b19-10+. The molecule has 0 spiro atoms. The lowest BCUT2D eigenvalue weighted by Gasteiger charge is -2.27. The molecule has 0 bridgehead atoms. The number of nitrogens with one attached hydrogen (secondary N) is 1. The molecule has 0 atom stereocenters. The van der Waals surface area contributed by atoms with Crippen molar-refractivity contribution in [1.29, 1.82) is 0 Å². The molecular weight excluding hydrogens is 511 g/mol. The molecule has 1 aliphatic heterocycles. The normalized spacial score (nSPS) is 14.9. The number of nitrogens with zero attached hydrogens (tertiary/aromatic N) is 1. The Balaban J connectivity index is 1.58. The molecule has 0 unspecified atom stereocenters. The summed E-state index contributed by atoms with van der Waals surface area (Å²) in [6, 6.07) is 14.4. The first-order valence-corrected chi connectivity index (χ1v) is 11.6. The second-order valence-corrected chi connectivity index (χ2v) is 9.21. The molecule has 3 aromatic rings. The van der Waals surface area contributed by atoms with Crippen molar-refractivity contribution in [2.75, 3.05) is 4.90 Å². The third-order valence-electron chi connectivity index (χ3n) is 5.36. The van der Waals surface area contributed by atoms with E-state index < -0.39 is 17.8 Å². The summed E-state index contributed by atoms with van der Waals surface area (Å²) >= 11 is 18.5. The van der Waals surface area contributed by atoms with Crippen LogP contribution in [-0.2, 0) is 16.2 Å². The van der Waals surface area contributed by atoms with Crippen LogP contribution in [0.5, 0.6) is 5.75 Å². The summed E-state index contributed by atoms with van der Waals surface area (Å²) in [5.41, 5.74) is 3.14. The van der Waals surface area contributed by atoms with Crippen LogP contribution in [0.2, 0.25) is 15.1 Å². The summed E-state index contributed by atoms with van der Waals surface area (Å²) in [7, 11) is 0. The molecule has 4 rings (SSSR count). The first-order valence-electron chi connectivity index (χ1n) is 10.5. The summed E-state index contributed by atoms with van der Waals surface area (Å²) in [4.78, 5) is 39.1. The second-order valence-electron chi connectivity index (χ2n) is 7.96. The van der Waals surface area contributed by atoms with Crippen LogP contribution in [0.15, 0.2) is 60.2 Å². The lowest BCUT2D eigenvalue weighted by atomic mass is 10.0. The Labute approximate surface area is 217 Å². The monoisotopic (exact) mass is 528 g/mol. The maximum atomic E-state index is 13.2. The van der Waals surface area contributed by atoms with Gasteiger partial charge >= 0.3 is 6.03 Å². The lowest BCUT2D eigenvalue weighted by Crippen LogP contribution is -2.54. The number of carbonyl (C=O) groups excluding carboxylic acids is 3. The van der Waals surface area contributed by atoms with Crippen LogP contribution < -0.4 is 15.0 Å².